The largest absolute Gasteiger partial charge is 0.347 e. The fourth-order valence-electron chi connectivity index (χ4n) is 0.909. The number of aryl methyl sites for hydroxylation is 1. The van der Waals surface area contributed by atoms with Crippen molar-refractivity contribution in [2.75, 3.05) is 0 Å². The number of aromatic nitrogens is 1. The van der Waals surface area contributed by atoms with Gasteiger partial charge in [0.05, 0.1) is 11.9 Å². The van der Waals surface area contributed by atoms with E-state index in [-0.39, 0.29) is 0 Å². The lowest BCUT2D eigenvalue weighted by molar-refractivity contribution is 0.763. The highest BCUT2D eigenvalue weighted by atomic mass is 15.1. The molecular weight excluding hydrogens is 126 g/mol. The van der Waals surface area contributed by atoms with Gasteiger partial charge >= 0.3 is 0 Å². The second-order valence-electron chi connectivity index (χ2n) is 2.00. The van der Waals surface area contributed by atoms with E-state index in [9.17, 15) is 0 Å². The summed E-state index contributed by atoms with van der Waals surface area (Å²) < 4.78 is 2.07. The lowest BCUT2D eigenvalue weighted by atomic mass is 10.4. The van der Waals surface area contributed by atoms with Crippen LogP contribution in [0.5, 0.6) is 0 Å². The van der Waals surface area contributed by atoms with Crippen molar-refractivity contribution in [1.82, 2.24) is 4.57 Å². The molecule has 0 fully saturated rings. The van der Waals surface area contributed by atoms with E-state index in [1.54, 1.807) is 6.21 Å². The average Bonchev–Trinajstić information content (AvgIpc) is 2.36. The van der Waals surface area contributed by atoms with Crippen LogP contribution in [0.1, 0.15) is 12.6 Å². The lowest BCUT2D eigenvalue weighted by Crippen LogP contribution is -1.98. The van der Waals surface area contributed by atoms with Gasteiger partial charge in [-0.25, -0.2) is 0 Å². The zero-order valence-electron chi connectivity index (χ0n) is 5.99. The zero-order valence-corrected chi connectivity index (χ0v) is 5.99. The highest BCUT2D eigenvalue weighted by molar-refractivity contribution is 5.77. The Morgan fingerprint density at radius 3 is 3.20 bits per heavy atom. The summed E-state index contributed by atoms with van der Waals surface area (Å²) in [6, 6.07) is 3.94. The first-order valence-electron chi connectivity index (χ1n) is 3.27. The molecule has 0 amide bonds. The van der Waals surface area contributed by atoms with Gasteiger partial charge in [0.15, 0.2) is 0 Å². The quantitative estimate of drug-likeness (QED) is 0.365. The maximum Gasteiger partial charge on any atom is 0.0702 e. The summed E-state index contributed by atoms with van der Waals surface area (Å²) in [4.78, 5) is 0. The molecule has 0 spiro atoms. The van der Waals surface area contributed by atoms with Gasteiger partial charge in [0, 0.05) is 12.7 Å². The highest BCUT2D eigenvalue weighted by Gasteiger charge is 1.92. The molecule has 1 rings (SSSR count). The number of nitrogens with zero attached hydrogens (tertiary/aromatic N) is 2. The molecule has 1 aromatic heterocycles. The monoisotopic (exact) mass is 137 g/mol. The van der Waals surface area contributed by atoms with E-state index in [0.717, 1.165) is 12.2 Å². The molecule has 54 valence electrons. The number of hydrogen-bond donors (Lipinski definition) is 1. The van der Waals surface area contributed by atoms with Crippen LogP contribution in [0, 0.1) is 0 Å². The van der Waals surface area contributed by atoms with Gasteiger partial charge in [0.2, 0.25) is 0 Å². The standard InChI is InChI=1S/C7H11N3/c1-2-10-5-3-4-7(10)6-9-8/h3-6H,2,8H2,1H3/b9-6+. The van der Waals surface area contributed by atoms with Gasteiger partial charge < -0.3 is 10.4 Å². The Kier molecular flexibility index (Phi) is 2.10. The predicted octanol–water partition coefficient (Wildman–Crippen LogP) is 0.801. The maximum absolute atomic E-state index is 5.00. The minimum absolute atomic E-state index is 0.953. The van der Waals surface area contributed by atoms with E-state index >= 15 is 0 Å². The molecule has 0 bridgehead atoms. The first-order chi connectivity index (χ1) is 4.88. The summed E-state index contributed by atoms with van der Waals surface area (Å²) in [5.74, 6) is 5.00. The van der Waals surface area contributed by atoms with Crippen molar-refractivity contribution in [2.24, 2.45) is 10.9 Å². The van der Waals surface area contributed by atoms with Crippen LogP contribution >= 0.6 is 0 Å². The molecule has 1 aromatic rings. The first kappa shape index (κ1) is 6.86. The lowest BCUT2D eigenvalue weighted by Gasteiger charge is -1.98. The molecule has 0 aromatic carbocycles. The Morgan fingerprint density at radius 2 is 2.60 bits per heavy atom. The summed E-state index contributed by atoms with van der Waals surface area (Å²) in [5, 5.41) is 3.44. The number of hydrazone groups is 1. The van der Waals surface area contributed by atoms with E-state index in [1.165, 1.54) is 0 Å². The molecule has 0 atom stereocenters. The van der Waals surface area contributed by atoms with E-state index < -0.39 is 0 Å². The molecule has 3 nitrogen and oxygen atoms in total. The van der Waals surface area contributed by atoms with Crippen LogP contribution in [-0.4, -0.2) is 10.8 Å². The van der Waals surface area contributed by atoms with Crippen molar-refractivity contribution >= 4 is 6.21 Å². The molecule has 0 unspecified atom stereocenters. The highest BCUT2D eigenvalue weighted by Crippen LogP contribution is 1.97. The van der Waals surface area contributed by atoms with E-state index in [1.807, 2.05) is 18.3 Å². The Morgan fingerprint density at radius 1 is 1.80 bits per heavy atom. The minimum atomic E-state index is 0.953. The van der Waals surface area contributed by atoms with Crippen molar-refractivity contribution in [2.45, 2.75) is 13.5 Å². The number of nitrogens with two attached hydrogens (primary N) is 1. The summed E-state index contributed by atoms with van der Waals surface area (Å²) in [6.45, 7) is 3.03. The maximum atomic E-state index is 5.00. The van der Waals surface area contributed by atoms with Crippen LogP contribution in [0.25, 0.3) is 0 Å². The molecule has 0 radical (unpaired) electrons. The van der Waals surface area contributed by atoms with Gasteiger partial charge in [-0.3, -0.25) is 0 Å². The second-order valence-corrected chi connectivity index (χ2v) is 2.00. The average molecular weight is 137 g/mol. The Hall–Kier alpha value is -1.25. The third-order valence-electron chi connectivity index (χ3n) is 1.41. The van der Waals surface area contributed by atoms with Crippen molar-refractivity contribution < 1.29 is 0 Å². The third kappa shape index (κ3) is 1.18. The van der Waals surface area contributed by atoms with Gasteiger partial charge in [0.1, 0.15) is 0 Å². The topological polar surface area (TPSA) is 43.3 Å². The Labute approximate surface area is 60.2 Å². The smallest absolute Gasteiger partial charge is 0.0702 e. The van der Waals surface area contributed by atoms with Gasteiger partial charge in [-0.05, 0) is 19.1 Å². The molecule has 0 aliphatic rings. The summed E-state index contributed by atoms with van der Waals surface area (Å²) in [5.41, 5.74) is 1.05. The van der Waals surface area contributed by atoms with Crippen molar-refractivity contribution in [3.05, 3.63) is 24.0 Å². The van der Waals surface area contributed by atoms with Crippen LogP contribution < -0.4 is 5.84 Å². The van der Waals surface area contributed by atoms with Gasteiger partial charge in [-0.15, -0.1) is 0 Å². The van der Waals surface area contributed by atoms with Crippen molar-refractivity contribution in [3.63, 3.8) is 0 Å². The van der Waals surface area contributed by atoms with E-state index in [4.69, 9.17) is 5.84 Å². The number of rotatable bonds is 2. The fourth-order valence-corrected chi connectivity index (χ4v) is 0.909. The van der Waals surface area contributed by atoms with Crippen molar-refractivity contribution in [3.8, 4) is 0 Å². The Balaban J connectivity index is 2.90. The molecule has 1 heterocycles. The second kappa shape index (κ2) is 3.06. The van der Waals surface area contributed by atoms with Crippen LogP contribution in [-0.2, 0) is 6.54 Å². The molecule has 3 heteroatoms. The van der Waals surface area contributed by atoms with Crippen LogP contribution in [0.15, 0.2) is 23.4 Å². The van der Waals surface area contributed by atoms with Crippen LogP contribution in [0.3, 0.4) is 0 Å². The number of hydrogen-bond acceptors (Lipinski definition) is 2. The summed E-state index contributed by atoms with van der Waals surface area (Å²) in [6.07, 6.45) is 3.64. The molecule has 0 aliphatic carbocycles. The molecule has 10 heavy (non-hydrogen) atoms. The van der Waals surface area contributed by atoms with Crippen LogP contribution in [0.4, 0.5) is 0 Å². The van der Waals surface area contributed by atoms with Crippen molar-refractivity contribution in [1.29, 1.82) is 0 Å². The predicted molar refractivity (Wildman–Crippen MR) is 41.9 cm³/mol. The molecular formula is C7H11N3. The molecule has 0 saturated heterocycles. The van der Waals surface area contributed by atoms with Crippen LogP contribution in [0.2, 0.25) is 0 Å². The summed E-state index contributed by atoms with van der Waals surface area (Å²) >= 11 is 0. The van der Waals surface area contributed by atoms with Gasteiger partial charge in [-0.2, -0.15) is 5.10 Å². The van der Waals surface area contributed by atoms with Gasteiger partial charge in [0.25, 0.3) is 0 Å². The summed E-state index contributed by atoms with van der Waals surface area (Å²) in [7, 11) is 0. The first-order valence-corrected chi connectivity index (χ1v) is 3.27. The molecule has 0 aliphatic heterocycles. The Bertz CT molecular complexity index is 225. The van der Waals surface area contributed by atoms with E-state index in [0.29, 0.717) is 0 Å². The van der Waals surface area contributed by atoms with E-state index in [2.05, 4.69) is 16.6 Å². The fraction of sp³-hybridized carbons (Fsp3) is 0.286. The normalized spacial score (nSPS) is 10.9. The third-order valence-corrected chi connectivity index (χ3v) is 1.41. The minimum Gasteiger partial charge on any atom is -0.347 e. The zero-order chi connectivity index (χ0) is 7.40. The SMILES string of the molecule is CCn1cccc1/C=N/N. The molecule has 0 saturated carbocycles. The molecule has 2 N–H and O–H groups in total. The van der Waals surface area contributed by atoms with Gasteiger partial charge in [-0.1, -0.05) is 0 Å².